The van der Waals surface area contributed by atoms with E-state index < -0.39 is 0 Å². The minimum Gasteiger partial charge on any atom is -0.361 e. The minimum absolute atomic E-state index is 0.0410. The maximum atomic E-state index is 13.1. The number of aromatic nitrogens is 2. The second-order valence-corrected chi connectivity index (χ2v) is 7.97. The van der Waals surface area contributed by atoms with Crippen molar-refractivity contribution >= 4 is 17.5 Å². The van der Waals surface area contributed by atoms with Crippen molar-refractivity contribution in [2.75, 3.05) is 11.9 Å². The molecular formula is C24H26N4O3. The lowest BCUT2D eigenvalue weighted by Gasteiger charge is -2.28. The van der Waals surface area contributed by atoms with Crippen LogP contribution in [0.3, 0.4) is 0 Å². The Morgan fingerprint density at radius 1 is 1.19 bits per heavy atom. The SMILES string of the molecule is Cc1ccc(C(=O)N2CCc3ncccc3C2)cc1NC(=O)CCc1c(C)noc1C. The number of carbonyl (C=O) groups excluding carboxylic acids is 2. The van der Waals surface area contributed by atoms with E-state index in [0.717, 1.165) is 40.3 Å². The van der Waals surface area contributed by atoms with E-state index in [0.29, 0.717) is 37.2 Å². The first-order valence-corrected chi connectivity index (χ1v) is 10.5. The van der Waals surface area contributed by atoms with E-state index in [1.54, 1.807) is 12.3 Å². The van der Waals surface area contributed by atoms with Gasteiger partial charge in [0, 0.05) is 54.6 Å². The number of nitrogens with zero attached hydrogens (tertiary/aromatic N) is 3. The van der Waals surface area contributed by atoms with Crippen LogP contribution in [0, 0.1) is 20.8 Å². The van der Waals surface area contributed by atoms with Gasteiger partial charge < -0.3 is 14.7 Å². The molecule has 0 radical (unpaired) electrons. The summed E-state index contributed by atoms with van der Waals surface area (Å²) >= 11 is 0. The van der Waals surface area contributed by atoms with Crippen LogP contribution in [-0.2, 0) is 24.2 Å². The smallest absolute Gasteiger partial charge is 0.254 e. The molecular weight excluding hydrogens is 392 g/mol. The summed E-state index contributed by atoms with van der Waals surface area (Å²) in [6, 6.07) is 9.37. The third-order valence-corrected chi connectivity index (χ3v) is 5.79. The van der Waals surface area contributed by atoms with Crippen molar-refractivity contribution in [3.8, 4) is 0 Å². The molecule has 3 aromatic rings. The summed E-state index contributed by atoms with van der Waals surface area (Å²) in [6.07, 6.45) is 3.42. The van der Waals surface area contributed by atoms with Crippen LogP contribution < -0.4 is 5.32 Å². The molecule has 0 fully saturated rings. The summed E-state index contributed by atoms with van der Waals surface area (Å²) in [6.45, 7) is 6.82. The number of amides is 2. The van der Waals surface area contributed by atoms with Gasteiger partial charge in [-0.2, -0.15) is 0 Å². The van der Waals surface area contributed by atoms with Crippen molar-refractivity contribution < 1.29 is 14.1 Å². The predicted octanol–water partition coefficient (Wildman–Crippen LogP) is 3.76. The monoisotopic (exact) mass is 418 g/mol. The molecule has 1 aliphatic heterocycles. The number of benzene rings is 1. The zero-order valence-electron chi connectivity index (χ0n) is 18.1. The predicted molar refractivity (Wildman–Crippen MR) is 117 cm³/mol. The summed E-state index contributed by atoms with van der Waals surface area (Å²) in [5.74, 6) is 0.596. The Morgan fingerprint density at radius 3 is 2.81 bits per heavy atom. The van der Waals surface area contributed by atoms with E-state index in [4.69, 9.17) is 4.52 Å². The van der Waals surface area contributed by atoms with Crippen molar-refractivity contribution in [2.45, 2.75) is 46.6 Å². The van der Waals surface area contributed by atoms with Crippen molar-refractivity contribution in [3.05, 3.63) is 75.9 Å². The number of rotatable bonds is 5. The number of pyridine rings is 1. The molecule has 0 aliphatic carbocycles. The van der Waals surface area contributed by atoms with Crippen LogP contribution in [0.15, 0.2) is 41.1 Å². The van der Waals surface area contributed by atoms with Crippen LogP contribution in [-0.4, -0.2) is 33.4 Å². The molecule has 0 atom stereocenters. The number of hydrogen-bond acceptors (Lipinski definition) is 5. The van der Waals surface area contributed by atoms with E-state index in [9.17, 15) is 9.59 Å². The highest BCUT2D eigenvalue weighted by Crippen LogP contribution is 2.22. The van der Waals surface area contributed by atoms with Crippen LogP contribution in [0.1, 0.15) is 50.6 Å². The molecule has 0 saturated heterocycles. The quantitative estimate of drug-likeness (QED) is 0.681. The lowest BCUT2D eigenvalue weighted by molar-refractivity contribution is -0.116. The van der Waals surface area contributed by atoms with Gasteiger partial charge in [-0.15, -0.1) is 0 Å². The summed E-state index contributed by atoms with van der Waals surface area (Å²) in [4.78, 5) is 31.9. The molecule has 0 saturated carbocycles. The third kappa shape index (κ3) is 4.50. The van der Waals surface area contributed by atoms with Crippen LogP contribution in [0.5, 0.6) is 0 Å². The van der Waals surface area contributed by atoms with E-state index in [1.807, 2.05) is 49.9 Å². The summed E-state index contributed by atoms with van der Waals surface area (Å²) < 4.78 is 5.16. The van der Waals surface area contributed by atoms with Gasteiger partial charge in [-0.1, -0.05) is 17.3 Å². The Balaban J connectivity index is 1.43. The lowest BCUT2D eigenvalue weighted by atomic mass is 10.0. The van der Waals surface area contributed by atoms with Gasteiger partial charge in [0.25, 0.3) is 5.91 Å². The van der Waals surface area contributed by atoms with E-state index >= 15 is 0 Å². The zero-order chi connectivity index (χ0) is 22.0. The lowest BCUT2D eigenvalue weighted by Crippen LogP contribution is -2.36. The molecule has 1 N–H and O–H groups in total. The molecule has 2 amide bonds. The van der Waals surface area contributed by atoms with E-state index in [2.05, 4.69) is 15.5 Å². The number of nitrogens with one attached hydrogen (secondary N) is 1. The van der Waals surface area contributed by atoms with Crippen LogP contribution in [0.2, 0.25) is 0 Å². The van der Waals surface area contributed by atoms with Gasteiger partial charge in [-0.25, -0.2) is 0 Å². The number of anilines is 1. The normalized spacial score (nSPS) is 13.1. The summed E-state index contributed by atoms with van der Waals surface area (Å²) in [7, 11) is 0. The Bertz CT molecular complexity index is 1120. The fourth-order valence-electron chi connectivity index (χ4n) is 3.92. The molecule has 7 heteroatoms. The van der Waals surface area contributed by atoms with Crippen molar-refractivity contribution in [1.82, 2.24) is 15.0 Å². The van der Waals surface area contributed by atoms with Crippen LogP contribution in [0.25, 0.3) is 0 Å². The zero-order valence-corrected chi connectivity index (χ0v) is 18.1. The number of hydrogen-bond donors (Lipinski definition) is 1. The summed E-state index contributed by atoms with van der Waals surface area (Å²) in [5.41, 5.74) is 6.06. The average Bonchev–Trinajstić information content (AvgIpc) is 3.10. The standard InChI is InChI=1S/C24H26N4O3/c1-15-6-7-18(24(30)28-12-10-21-19(14-28)5-4-11-25-21)13-22(15)26-23(29)9-8-20-16(2)27-31-17(20)3/h4-7,11,13H,8-10,12,14H2,1-3H3,(H,26,29). The second kappa shape index (κ2) is 8.71. The Morgan fingerprint density at radius 2 is 2.03 bits per heavy atom. The minimum atomic E-state index is -0.106. The molecule has 160 valence electrons. The number of carbonyl (C=O) groups is 2. The van der Waals surface area contributed by atoms with Gasteiger partial charge in [-0.3, -0.25) is 14.6 Å². The molecule has 1 aromatic carbocycles. The second-order valence-electron chi connectivity index (χ2n) is 7.97. The van der Waals surface area contributed by atoms with Crippen molar-refractivity contribution in [2.24, 2.45) is 0 Å². The fourth-order valence-corrected chi connectivity index (χ4v) is 3.92. The third-order valence-electron chi connectivity index (χ3n) is 5.79. The van der Waals surface area contributed by atoms with Gasteiger partial charge in [0.2, 0.25) is 5.91 Å². The maximum absolute atomic E-state index is 13.1. The molecule has 31 heavy (non-hydrogen) atoms. The largest absolute Gasteiger partial charge is 0.361 e. The first kappa shape index (κ1) is 20.8. The average molecular weight is 418 g/mol. The Labute approximate surface area is 181 Å². The van der Waals surface area contributed by atoms with Gasteiger partial charge >= 0.3 is 0 Å². The van der Waals surface area contributed by atoms with E-state index in [1.165, 1.54) is 0 Å². The molecule has 0 spiro atoms. The van der Waals surface area contributed by atoms with Gasteiger partial charge in [-0.05, 0) is 56.5 Å². The fraction of sp³-hybridized carbons (Fsp3) is 0.333. The van der Waals surface area contributed by atoms with Gasteiger partial charge in [0.05, 0.1) is 5.69 Å². The molecule has 7 nitrogen and oxygen atoms in total. The maximum Gasteiger partial charge on any atom is 0.254 e. The highest BCUT2D eigenvalue weighted by Gasteiger charge is 2.23. The first-order valence-electron chi connectivity index (χ1n) is 10.5. The summed E-state index contributed by atoms with van der Waals surface area (Å²) in [5, 5.41) is 6.88. The number of fused-ring (bicyclic) bond motifs is 1. The highest BCUT2D eigenvalue weighted by molar-refractivity contribution is 5.98. The number of aryl methyl sites for hydroxylation is 3. The molecule has 3 heterocycles. The van der Waals surface area contributed by atoms with Gasteiger partial charge in [0.15, 0.2) is 0 Å². The molecule has 2 aromatic heterocycles. The molecule has 0 bridgehead atoms. The van der Waals surface area contributed by atoms with Crippen LogP contribution >= 0.6 is 0 Å². The van der Waals surface area contributed by atoms with Crippen LogP contribution in [0.4, 0.5) is 5.69 Å². The molecule has 0 unspecified atom stereocenters. The topological polar surface area (TPSA) is 88.3 Å². The Hall–Kier alpha value is -3.48. The first-order chi connectivity index (χ1) is 14.9. The highest BCUT2D eigenvalue weighted by atomic mass is 16.5. The van der Waals surface area contributed by atoms with Crippen molar-refractivity contribution in [3.63, 3.8) is 0 Å². The Kier molecular flexibility index (Phi) is 5.84. The van der Waals surface area contributed by atoms with E-state index in [-0.39, 0.29) is 11.8 Å². The van der Waals surface area contributed by atoms with Gasteiger partial charge in [0.1, 0.15) is 5.76 Å². The molecule has 1 aliphatic rings. The molecule has 4 rings (SSSR count). The van der Waals surface area contributed by atoms with Crippen molar-refractivity contribution in [1.29, 1.82) is 0 Å².